The number of amides is 2. The van der Waals surface area contributed by atoms with E-state index >= 15 is 0 Å². The Morgan fingerprint density at radius 2 is 2.09 bits per heavy atom. The van der Waals surface area contributed by atoms with Crippen LogP contribution in [-0.2, 0) is 16.1 Å². The molecular weight excluding hydrogens is 323 g/mol. The molecule has 1 aliphatic heterocycles. The monoisotopic (exact) mass is 342 g/mol. The summed E-state index contributed by atoms with van der Waals surface area (Å²) in [5.74, 6) is -0.129. The molecule has 1 aromatic rings. The van der Waals surface area contributed by atoms with Crippen molar-refractivity contribution < 1.29 is 9.59 Å². The Kier molecular flexibility index (Phi) is 5.03. The van der Waals surface area contributed by atoms with E-state index in [-0.39, 0.29) is 17.9 Å². The number of carbonyl (C=O) groups is 2. The molecule has 0 radical (unpaired) electrons. The summed E-state index contributed by atoms with van der Waals surface area (Å²) in [7, 11) is 0. The van der Waals surface area contributed by atoms with Gasteiger partial charge in [-0.15, -0.1) is 0 Å². The second-order valence-corrected chi connectivity index (χ2v) is 6.89. The molecule has 0 aliphatic carbocycles. The SMILES string of the molecule is CC(C)N1C(=O)CCC1(C)C(=O)NCc1ccc(Cl)cc1Cl. The summed E-state index contributed by atoms with van der Waals surface area (Å²) in [6.07, 6.45) is 0.938. The van der Waals surface area contributed by atoms with Crippen LogP contribution in [0.4, 0.5) is 0 Å². The van der Waals surface area contributed by atoms with Crippen molar-refractivity contribution in [1.29, 1.82) is 0 Å². The van der Waals surface area contributed by atoms with Crippen LogP contribution in [-0.4, -0.2) is 28.3 Å². The van der Waals surface area contributed by atoms with Gasteiger partial charge in [0.2, 0.25) is 11.8 Å². The lowest BCUT2D eigenvalue weighted by Crippen LogP contribution is -2.56. The maximum absolute atomic E-state index is 12.6. The third-order valence-electron chi connectivity index (χ3n) is 4.09. The van der Waals surface area contributed by atoms with E-state index in [0.29, 0.717) is 29.4 Å². The molecule has 1 unspecified atom stereocenters. The Balaban J connectivity index is 2.10. The molecule has 0 saturated carbocycles. The number of hydrogen-bond acceptors (Lipinski definition) is 2. The van der Waals surface area contributed by atoms with Crippen LogP contribution in [0.1, 0.15) is 39.2 Å². The lowest BCUT2D eigenvalue weighted by Gasteiger charge is -2.36. The second-order valence-electron chi connectivity index (χ2n) is 6.05. The van der Waals surface area contributed by atoms with Crippen molar-refractivity contribution >= 4 is 35.0 Å². The summed E-state index contributed by atoms with van der Waals surface area (Å²) in [6, 6.07) is 5.15. The molecule has 0 bridgehead atoms. The highest BCUT2D eigenvalue weighted by atomic mass is 35.5. The molecular formula is C16H20Cl2N2O2. The highest BCUT2D eigenvalue weighted by Crippen LogP contribution is 2.32. The van der Waals surface area contributed by atoms with E-state index in [4.69, 9.17) is 23.2 Å². The molecule has 2 rings (SSSR count). The molecule has 1 fully saturated rings. The third-order valence-corrected chi connectivity index (χ3v) is 4.67. The molecule has 1 saturated heterocycles. The summed E-state index contributed by atoms with van der Waals surface area (Å²) in [5, 5.41) is 3.96. The number of carbonyl (C=O) groups excluding carboxylic acids is 2. The third kappa shape index (κ3) is 3.23. The molecule has 120 valence electrons. The maximum atomic E-state index is 12.6. The fraction of sp³-hybridized carbons (Fsp3) is 0.500. The van der Waals surface area contributed by atoms with Gasteiger partial charge in [-0.3, -0.25) is 9.59 Å². The van der Waals surface area contributed by atoms with Gasteiger partial charge >= 0.3 is 0 Å². The summed E-state index contributed by atoms with van der Waals surface area (Å²) in [4.78, 5) is 26.3. The molecule has 1 heterocycles. The average molecular weight is 343 g/mol. The van der Waals surface area contributed by atoms with Crippen molar-refractivity contribution in [2.75, 3.05) is 0 Å². The number of halogens is 2. The van der Waals surface area contributed by atoms with E-state index in [1.807, 2.05) is 20.8 Å². The van der Waals surface area contributed by atoms with E-state index < -0.39 is 5.54 Å². The first kappa shape index (κ1) is 17.1. The van der Waals surface area contributed by atoms with Gasteiger partial charge in [0.25, 0.3) is 0 Å². The second kappa shape index (κ2) is 6.47. The fourth-order valence-corrected chi connectivity index (χ4v) is 3.45. The van der Waals surface area contributed by atoms with Gasteiger partial charge in [0.15, 0.2) is 0 Å². The first-order valence-corrected chi connectivity index (χ1v) is 8.05. The van der Waals surface area contributed by atoms with E-state index in [2.05, 4.69) is 5.32 Å². The molecule has 1 aliphatic rings. The van der Waals surface area contributed by atoms with Crippen LogP contribution >= 0.6 is 23.2 Å². The molecule has 6 heteroatoms. The van der Waals surface area contributed by atoms with Gasteiger partial charge in [0, 0.05) is 29.1 Å². The first-order valence-electron chi connectivity index (χ1n) is 7.30. The summed E-state index contributed by atoms with van der Waals surface area (Å²) < 4.78 is 0. The minimum atomic E-state index is -0.801. The van der Waals surface area contributed by atoms with Crippen molar-refractivity contribution in [2.24, 2.45) is 0 Å². The van der Waals surface area contributed by atoms with Gasteiger partial charge in [0.1, 0.15) is 5.54 Å². The molecule has 0 spiro atoms. The number of benzene rings is 1. The number of nitrogens with one attached hydrogen (secondary N) is 1. The minimum Gasteiger partial charge on any atom is -0.350 e. The van der Waals surface area contributed by atoms with Gasteiger partial charge in [-0.1, -0.05) is 29.3 Å². The molecule has 1 atom stereocenters. The number of hydrogen-bond donors (Lipinski definition) is 1. The van der Waals surface area contributed by atoms with Crippen LogP contribution in [0.5, 0.6) is 0 Å². The highest BCUT2D eigenvalue weighted by Gasteiger charge is 2.48. The van der Waals surface area contributed by atoms with Crippen molar-refractivity contribution in [3.63, 3.8) is 0 Å². The van der Waals surface area contributed by atoms with Gasteiger partial charge in [-0.25, -0.2) is 0 Å². The summed E-state index contributed by atoms with van der Waals surface area (Å²) in [6.45, 7) is 5.97. The fourth-order valence-electron chi connectivity index (χ4n) is 2.98. The van der Waals surface area contributed by atoms with Crippen molar-refractivity contribution in [3.05, 3.63) is 33.8 Å². The number of likely N-dealkylation sites (tertiary alicyclic amines) is 1. The Labute approximate surface area is 140 Å². The van der Waals surface area contributed by atoms with Crippen molar-refractivity contribution in [1.82, 2.24) is 10.2 Å². The zero-order valence-corrected chi connectivity index (χ0v) is 14.5. The van der Waals surface area contributed by atoms with Gasteiger partial charge in [-0.05, 0) is 44.9 Å². The lowest BCUT2D eigenvalue weighted by atomic mass is 9.96. The summed E-state index contributed by atoms with van der Waals surface area (Å²) in [5.41, 5.74) is -0.00659. The van der Waals surface area contributed by atoms with Crippen LogP contribution in [0.3, 0.4) is 0 Å². The number of nitrogens with zero attached hydrogens (tertiary/aromatic N) is 1. The van der Waals surface area contributed by atoms with Crippen LogP contribution in [0.2, 0.25) is 10.0 Å². The lowest BCUT2D eigenvalue weighted by molar-refractivity contribution is -0.142. The quantitative estimate of drug-likeness (QED) is 0.911. The Hall–Kier alpha value is -1.26. The minimum absolute atomic E-state index is 0.00938. The largest absolute Gasteiger partial charge is 0.350 e. The van der Waals surface area contributed by atoms with Gasteiger partial charge in [0.05, 0.1) is 0 Å². The van der Waals surface area contributed by atoms with Crippen LogP contribution in [0, 0.1) is 0 Å². The first-order chi connectivity index (χ1) is 10.3. The summed E-state index contributed by atoms with van der Waals surface area (Å²) >= 11 is 12.0. The van der Waals surface area contributed by atoms with E-state index in [1.54, 1.807) is 23.1 Å². The molecule has 22 heavy (non-hydrogen) atoms. The zero-order valence-electron chi connectivity index (χ0n) is 13.0. The average Bonchev–Trinajstić information content (AvgIpc) is 2.74. The standard InChI is InChI=1S/C16H20Cl2N2O2/c1-10(2)20-14(21)6-7-16(20,3)15(22)19-9-11-4-5-12(17)8-13(11)18/h4-5,8,10H,6-7,9H2,1-3H3,(H,19,22). The Morgan fingerprint density at radius 1 is 1.41 bits per heavy atom. The van der Waals surface area contributed by atoms with Crippen molar-refractivity contribution in [2.45, 2.75) is 51.7 Å². The molecule has 1 aromatic carbocycles. The molecule has 1 N–H and O–H groups in total. The maximum Gasteiger partial charge on any atom is 0.245 e. The topological polar surface area (TPSA) is 49.4 Å². The van der Waals surface area contributed by atoms with E-state index in [0.717, 1.165) is 5.56 Å². The van der Waals surface area contributed by atoms with E-state index in [1.165, 1.54) is 0 Å². The smallest absolute Gasteiger partial charge is 0.245 e. The zero-order chi connectivity index (χ0) is 16.5. The van der Waals surface area contributed by atoms with Gasteiger partial charge < -0.3 is 10.2 Å². The predicted octanol–water partition coefficient (Wildman–Crippen LogP) is 3.40. The molecule has 0 aromatic heterocycles. The Morgan fingerprint density at radius 3 is 2.68 bits per heavy atom. The van der Waals surface area contributed by atoms with Crippen molar-refractivity contribution in [3.8, 4) is 0 Å². The van der Waals surface area contributed by atoms with E-state index in [9.17, 15) is 9.59 Å². The molecule has 4 nitrogen and oxygen atoms in total. The Bertz CT molecular complexity index is 604. The normalized spacial score (nSPS) is 21.5. The van der Waals surface area contributed by atoms with Gasteiger partial charge in [-0.2, -0.15) is 0 Å². The molecule has 2 amide bonds. The highest BCUT2D eigenvalue weighted by molar-refractivity contribution is 6.35. The predicted molar refractivity (Wildman–Crippen MR) is 87.9 cm³/mol. The van der Waals surface area contributed by atoms with Crippen LogP contribution < -0.4 is 5.32 Å². The van der Waals surface area contributed by atoms with Crippen LogP contribution in [0.15, 0.2) is 18.2 Å². The number of rotatable bonds is 4. The van der Waals surface area contributed by atoms with Crippen LogP contribution in [0.25, 0.3) is 0 Å².